The van der Waals surface area contributed by atoms with Gasteiger partial charge in [-0.15, -0.1) is 0 Å². The molecule has 0 aliphatic carbocycles. The van der Waals surface area contributed by atoms with Gasteiger partial charge in [-0.05, 0) is 12.5 Å². The van der Waals surface area contributed by atoms with E-state index in [9.17, 15) is 0 Å². The Hall–Kier alpha value is -1.73. The molecule has 0 aliphatic rings. The average Bonchev–Trinajstić information content (AvgIpc) is 3.03. The Morgan fingerprint density at radius 3 is 2.90 bits per heavy atom. The standard InChI is InChI=1S/C13H22N6O/c1-4-11-7-12(18(2)16-11)9-19-10-15-13(17-19)8-14-5-6-20-3/h7,10,14H,4-6,8-9H2,1-3H3. The van der Waals surface area contributed by atoms with Crippen LogP contribution in [0.1, 0.15) is 24.1 Å². The highest BCUT2D eigenvalue weighted by Gasteiger charge is 2.06. The Morgan fingerprint density at radius 2 is 2.20 bits per heavy atom. The van der Waals surface area contributed by atoms with Crippen LogP contribution in [0, 0.1) is 0 Å². The van der Waals surface area contributed by atoms with Crippen molar-refractivity contribution in [3.63, 3.8) is 0 Å². The van der Waals surface area contributed by atoms with Crippen molar-refractivity contribution in [3.8, 4) is 0 Å². The molecule has 2 aromatic heterocycles. The lowest BCUT2D eigenvalue weighted by Crippen LogP contribution is -2.19. The lowest BCUT2D eigenvalue weighted by Gasteiger charge is -2.01. The molecule has 0 spiro atoms. The van der Waals surface area contributed by atoms with Crippen LogP contribution in [0.25, 0.3) is 0 Å². The number of hydrogen-bond acceptors (Lipinski definition) is 5. The van der Waals surface area contributed by atoms with E-state index in [2.05, 4.69) is 33.5 Å². The van der Waals surface area contributed by atoms with Gasteiger partial charge in [0, 0.05) is 20.7 Å². The summed E-state index contributed by atoms with van der Waals surface area (Å²) in [6.45, 7) is 4.93. The van der Waals surface area contributed by atoms with Gasteiger partial charge in [0.1, 0.15) is 6.33 Å². The fraction of sp³-hybridized carbons (Fsp3) is 0.615. The van der Waals surface area contributed by atoms with Crippen molar-refractivity contribution in [2.75, 3.05) is 20.3 Å². The van der Waals surface area contributed by atoms with Gasteiger partial charge >= 0.3 is 0 Å². The number of aromatic nitrogens is 5. The number of nitrogens with one attached hydrogen (secondary N) is 1. The summed E-state index contributed by atoms with van der Waals surface area (Å²) < 4.78 is 8.71. The van der Waals surface area contributed by atoms with Gasteiger partial charge in [-0.2, -0.15) is 10.2 Å². The quantitative estimate of drug-likeness (QED) is 0.706. The summed E-state index contributed by atoms with van der Waals surface area (Å²) in [5.74, 6) is 0.791. The highest BCUT2D eigenvalue weighted by molar-refractivity contribution is 5.10. The molecule has 1 N–H and O–H groups in total. The van der Waals surface area contributed by atoms with Crippen LogP contribution in [-0.2, 0) is 31.3 Å². The van der Waals surface area contributed by atoms with Crippen LogP contribution in [0.4, 0.5) is 0 Å². The molecule has 7 heteroatoms. The molecule has 0 aliphatic heterocycles. The highest BCUT2D eigenvalue weighted by atomic mass is 16.5. The van der Waals surface area contributed by atoms with Gasteiger partial charge in [-0.3, -0.25) is 4.68 Å². The van der Waals surface area contributed by atoms with Crippen LogP contribution in [0.3, 0.4) is 0 Å². The number of methoxy groups -OCH3 is 1. The van der Waals surface area contributed by atoms with Crippen molar-refractivity contribution in [2.24, 2.45) is 7.05 Å². The van der Waals surface area contributed by atoms with Crippen molar-refractivity contribution in [2.45, 2.75) is 26.4 Å². The van der Waals surface area contributed by atoms with E-state index in [1.54, 1.807) is 13.4 Å². The zero-order valence-corrected chi connectivity index (χ0v) is 12.3. The summed E-state index contributed by atoms with van der Waals surface area (Å²) in [6.07, 6.45) is 2.70. The Kier molecular flexibility index (Phi) is 5.25. The third-order valence-corrected chi connectivity index (χ3v) is 3.06. The zero-order valence-electron chi connectivity index (χ0n) is 12.3. The fourth-order valence-electron chi connectivity index (χ4n) is 1.92. The second-order valence-corrected chi connectivity index (χ2v) is 4.63. The van der Waals surface area contributed by atoms with Crippen LogP contribution < -0.4 is 5.32 Å². The number of rotatable bonds is 8. The zero-order chi connectivity index (χ0) is 14.4. The lowest BCUT2D eigenvalue weighted by atomic mass is 10.3. The lowest BCUT2D eigenvalue weighted by molar-refractivity contribution is 0.199. The number of aryl methyl sites for hydroxylation is 2. The Balaban J connectivity index is 1.90. The van der Waals surface area contributed by atoms with Gasteiger partial charge in [0.15, 0.2) is 5.82 Å². The normalized spacial score (nSPS) is 11.2. The predicted octanol–water partition coefficient (Wildman–Crippen LogP) is 0.358. The van der Waals surface area contributed by atoms with Crippen LogP contribution in [0.15, 0.2) is 12.4 Å². The first-order chi connectivity index (χ1) is 9.72. The molecule has 0 radical (unpaired) electrons. The third-order valence-electron chi connectivity index (χ3n) is 3.06. The summed E-state index contributed by atoms with van der Waals surface area (Å²) in [4.78, 5) is 4.29. The SMILES string of the molecule is CCc1cc(Cn2cnc(CNCCOC)n2)n(C)n1. The van der Waals surface area contributed by atoms with Gasteiger partial charge in [-0.1, -0.05) is 6.92 Å². The van der Waals surface area contributed by atoms with E-state index < -0.39 is 0 Å². The first-order valence-corrected chi connectivity index (χ1v) is 6.82. The van der Waals surface area contributed by atoms with Crippen LogP contribution >= 0.6 is 0 Å². The van der Waals surface area contributed by atoms with Gasteiger partial charge < -0.3 is 10.1 Å². The molecule has 0 saturated heterocycles. The Morgan fingerprint density at radius 1 is 1.35 bits per heavy atom. The van der Waals surface area contributed by atoms with E-state index in [-0.39, 0.29) is 0 Å². The second kappa shape index (κ2) is 7.16. The minimum Gasteiger partial charge on any atom is -0.383 e. The van der Waals surface area contributed by atoms with Crippen LogP contribution in [0.2, 0.25) is 0 Å². The van der Waals surface area contributed by atoms with Gasteiger partial charge in [-0.25, -0.2) is 9.67 Å². The molecule has 7 nitrogen and oxygen atoms in total. The molecule has 0 amide bonds. The molecule has 20 heavy (non-hydrogen) atoms. The van der Waals surface area contributed by atoms with E-state index in [0.29, 0.717) is 19.7 Å². The molecule has 2 aromatic rings. The van der Waals surface area contributed by atoms with E-state index in [1.807, 2.05) is 16.4 Å². The van der Waals surface area contributed by atoms with Gasteiger partial charge in [0.2, 0.25) is 0 Å². The van der Waals surface area contributed by atoms with Crippen molar-refractivity contribution < 1.29 is 4.74 Å². The van der Waals surface area contributed by atoms with E-state index in [4.69, 9.17) is 4.74 Å². The Bertz CT molecular complexity index is 533. The summed E-state index contributed by atoms with van der Waals surface area (Å²) in [7, 11) is 3.64. The maximum Gasteiger partial charge on any atom is 0.164 e. The van der Waals surface area contributed by atoms with Crippen LogP contribution in [-0.4, -0.2) is 44.8 Å². The maximum atomic E-state index is 4.97. The monoisotopic (exact) mass is 278 g/mol. The molecular formula is C13H22N6O. The molecule has 2 rings (SSSR count). The maximum absolute atomic E-state index is 4.97. The Labute approximate surface area is 119 Å². The average molecular weight is 278 g/mol. The van der Waals surface area contributed by atoms with E-state index in [1.165, 1.54) is 0 Å². The molecule has 0 aromatic carbocycles. The molecule has 110 valence electrons. The largest absolute Gasteiger partial charge is 0.383 e. The molecule has 0 atom stereocenters. The van der Waals surface area contributed by atoms with Gasteiger partial charge in [0.05, 0.1) is 31.1 Å². The summed E-state index contributed by atoms with van der Waals surface area (Å²) >= 11 is 0. The third kappa shape index (κ3) is 3.88. The number of ether oxygens (including phenoxy) is 1. The topological polar surface area (TPSA) is 69.8 Å². The first-order valence-electron chi connectivity index (χ1n) is 6.82. The summed E-state index contributed by atoms with van der Waals surface area (Å²) in [5, 5.41) is 12.1. The fourth-order valence-corrected chi connectivity index (χ4v) is 1.92. The van der Waals surface area contributed by atoms with Crippen molar-refractivity contribution in [1.29, 1.82) is 0 Å². The molecule has 0 fully saturated rings. The highest BCUT2D eigenvalue weighted by Crippen LogP contribution is 2.05. The minimum absolute atomic E-state index is 0.655. The molecular weight excluding hydrogens is 256 g/mol. The number of nitrogens with zero attached hydrogens (tertiary/aromatic N) is 5. The summed E-state index contributed by atoms with van der Waals surface area (Å²) in [6, 6.07) is 2.11. The van der Waals surface area contributed by atoms with Crippen molar-refractivity contribution in [1.82, 2.24) is 29.9 Å². The van der Waals surface area contributed by atoms with Crippen molar-refractivity contribution >= 4 is 0 Å². The molecule has 2 heterocycles. The molecule has 0 bridgehead atoms. The molecule has 0 saturated carbocycles. The van der Waals surface area contributed by atoms with E-state index >= 15 is 0 Å². The van der Waals surface area contributed by atoms with Crippen molar-refractivity contribution in [3.05, 3.63) is 29.6 Å². The van der Waals surface area contributed by atoms with E-state index in [0.717, 1.165) is 30.2 Å². The minimum atomic E-state index is 0.655. The molecule has 0 unspecified atom stereocenters. The predicted molar refractivity (Wildman–Crippen MR) is 75.3 cm³/mol. The van der Waals surface area contributed by atoms with Crippen LogP contribution in [0.5, 0.6) is 0 Å². The van der Waals surface area contributed by atoms with Gasteiger partial charge in [0.25, 0.3) is 0 Å². The summed E-state index contributed by atoms with van der Waals surface area (Å²) in [5.41, 5.74) is 2.23. The smallest absolute Gasteiger partial charge is 0.164 e. The second-order valence-electron chi connectivity index (χ2n) is 4.63. The first kappa shape index (κ1) is 14.7. The number of hydrogen-bond donors (Lipinski definition) is 1.